The van der Waals surface area contributed by atoms with E-state index >= 15 is 0 Å². The molecule has 0 amide bonds. The number of hydrogen-bond acceptors (Lipinski definition) is 6. The van der Waals surface area contributed by atoms with Gasteiger partial charge in [-0.2, -0.15) is 0 Å². The molecule has 0 bridgehead atoms. The first-order valence-corrected chi connectivity index (χ1v) is 8.39. The second kappa shape index (κ2) is 5.10. The van der Waals surface area contributed by atoms with Crippen LogP contribution in [0.5, 0.6) is 0 Å². The molecule has 0 radical (unpaired) electrons. The summed E-state index contributed by atoms with van der Waals surface area (Å²) < 4.78 is 30.7. The maximum atomic E-state index is 12.2. The molecule has 0 N–H and O–H groups in total. The minimum absolute atomic E-state index is 0.170. The number of ether oxygens (including phenoxy) is 1. The minimum Gasteiger partial charge on any atom is -0.465 e. The van der Waals surface area contributed by atoms with E-state index < -0.39 is 21.1 Å². The van der Waals surface area contributed by atoms with E-state index in [1.165, 1.54) is 13.3 Å². The molecule has 2 aromatic heterocycles. The largest absolute Gasteiger partial charge is 0.465 e. The van der Waals surface area contributed by atoms with Crippen molar-refractivity contribution in [1.29, 1.82) is 0 Å². The van der Waals surface area contributed by atoms with Gasteiger partial charge in [0.2, 0.25) is 0 Å². The zero-order valence-electron chi connectivity index (χ0n) is 11.5. The molecule has 1 unspecified atom stereocenters. The zero-order chi connectivity index (χ0) is 15.0. The van der Waals surface area contributed by atoms with Crippen molar-refractivity contribution in [2.45, 2.75) is 24.5 Å². The van der Waals surface area contributed by atoms with Gasteiger partial charge in [0.05, 0.1) is 18.4 Å². The molecule has 0 aromatic carbocycles. The molecule has 3 rings (SSSR count). The molecule has 0 spiro atoms. The third-order valence-electron chi connectivity index (χ3n) is 3.72. The zero-order valence-corrected chi connectivity index (χ0v) is 12.3. The van der Waals surface area contributed by atoms with Gasteiger partial charge in [-0.3, -0.25) is 4.40 Å². The summed E-state index contributed by atoms with van der Waals surface area (Å²) in [5.74, 6) is 0.0574. The molecular formula is C13H15N3O4S. The topological polar surface area (TPSA) is 90.6 Å². The van der Waals surface area contributed by atoms with Crippen molar-refractivity contribution in [3.05, 3.63) is 29.7 Å². The van der Waals surface area contributed by atoms with Crippen molar-refractivity contribution in [3.63, 3.8) is 0 Å². The van der Waals surface area contributed by atoms with Crippen LogP contribution < -0.4 is 0 Å². The highest BCUT2D eigenvalue weighted by atomic mass is 32.2. The smallest absolute Gasteiger partial charge is 0.339 e. The van der Waals surface area contributed by atoms with Gasteiger partial charge in [-0.1, -0.05) is 6.42 Å². The van der Waals surface area contributed by atoms with Gasteiger partial charge in [0.1, 0.15) is 5.25 Å². The molecule has 1 saturated heterocycles. The van der Waals surface area contributed by atoms with Gasteiger partial charge < -0.3 is 4.74 Å². The van der Waals surface area contributed by atoms with Crippen molar-refractivity contribution in [3.8, 4) is 0 Å². The average molecular weight is 309 g/mol. The molecule has 0 aliphatic carbocycles. The third-order valence-corrected chi connectivity index (χ3v) is 5.89. The van der Waals surface area contributed by atoms with E-state index in [0.29, 0.717) is 29.9 Å². The van der Waals surface area contributed by atoms with Crippen LogP contribution in [-0.4, -0.2) is 41.8 Å². The van der Waals surface area contributed by atoms with E-state index in [4.69, 9.17) is 0 Å². The van der Waals surface area contributed by atoms with Crippen LogP contribution in [0.4, 0.5) is 0 Å². The molecule has 1 atom stereocenters. The van der Waals surface area contributed by atoms with E-state index in [1.54, 1.807) is 16.5 Å². The van der Waals surface area contributed by atoms with Gasteiger partial charge in [0.25, 0.3) is 0 Å². The predicted octanol–water partition coefficient (Wildman–Crippen LogP) is 1.16. The molecule has 0 saturated carbocycles. The second-order valence-corrected chi connectivity index (χ2v) is 7.35. The van der Waals surface area contributed by atoms with Crippen LogP contribution >= 0.6 is 0 Å². The summed E-state index contributed by atoms with van der Waals surface area (Å²) in [7, 11) is -1.92. The number of esters is 1. The normalized spacial score (nSPS) is 21.3. The first kappa shape index (κ1) is 14.0. The Morgan fingerprint density at radius 3 is 2.86 bits per heavy atom. The number of sulfone groups is 1. The Morgan fingerprint density at radius 2 is 2.14 bits per heavy atom. The van der Waals surface area contributed by atoms with Crippen molar-refractivity contribution in [1.82, 2.24) is 14.6 Å². The number of carbonyl (C=O) groups is 1. The minimum atomic E-state index is -3.22. The Hall–Kier alpha value is -1.96. The van der Waals surface area contributed by atoms with Crippen LogP contribution in [0.2, 0.25) is 0 Å². The first-order chi connectivity index (χ1) is 10.0. The summed E-state index contributed by atoms with van der Waals surface area (Å²) >= 11 is 0. The average Bonchev–Trinajstić information content (AvgIpc) is 2.88. The SMILES string of the molecule is COC(=O)c1ccc2nnc(C3CCCCS3(=O)=O)n2c1. The first-order valence-electron chi connectivity index (χ1n) is 6.67. The second-order valence-electron chi connectivity index (χ2n) is 5.05. The molecule has 1 fully saturated rings. The van der Waals surface area contributed by atoms with Gasteiger partial charge >= 0.3 is 5.97 Å². The van der Waals surface area contributed by atoms with E-state index in [0.717, 1.165) is 6.42 Å². The lowest BCUT2D eigenvalue weighted by Crippen LogP contribution is -2.23. The fourth-order valence-corrected chi connectivity index (χ4v) is 4.51. The number of pyridine rings is 1. The van der Waals surface area contributed by atoms with Crippen molar-refractivity contribution in [2.75, 3.05) is 12.9 Å². The number of rotatable bonds is 2. The van der Waals surface area contributed by atoms with Gasteiger partial charge in [-0.05, 0) is 25.0 Å². The highest BCUT2D eigenvalue weighted by Crippen LogP contribution is 2.32. The molecule has 1 aliphatic heterocycles. The van der Waals surface area contributed by atoms with E-state index in [1.807, 2.05) is 0 Å². The summed E-state index contributed by atoms with van der Waals surface area (Å²) in [5.41, 5.74) is 0.845. The standard InChI is InChI=1S/C13H15N3O4S/c1-20-13(17)9-5-6-11-14-15-12(16(11)8-9)10-4-2-3-7-21(10,18)19/h5-6,8,10H,2-4,7H2,1H3. The molecule has 1 aliphatic rings. The molecule has 8 heteroatoms. The van der Waals surface area contributed by atoms with Crippen LogP contribution in [0.1, 0.15) is 40.7 Å². The van der Waals surface area contributed by atoms with Gasteiger partial charge in [-0.25, -0.2) is 13.2 Å². The summed E-state index contributed by atoms with van der Waals surface area (Å²) in [4.78, 5) is 11.6. The third kappa shape index (κ3) is 2.39. The molecule has 21 heavy (non-hydrogen) atoms. The van der Waals surface area contributed by atoms with Gasteiger partial charge in [0, 0.05) is 6.20 Å². The lowest BCUT2D eigenvalue weighted by Gasteiger charge is -2.20. The molecular weight excluding hydrogens is 294 g/mol. The number of methoxy groups -OCH3 is 1. The summed E-state index contributed by atoms with van der Waals surface area (Å²) in [5, 5.41) is 7.35. The number of aromatic nitrogens is 3. The Morgan fingerprint density at radius 1 is 1.33 bits per heavy atom. The number of carbonyl (C=O) groups excluding carboxylic acids is 1. The van der Waals surface area contributed by atoms with E-state index in [9.17, 15) is 13.2 Å². The molecule has 3 heterocycles. The molecule has 7 nitrogen and oxygen atoms in total. The fourth-order valence-electron chi connectivity index (χ4n) is 2.61. The van der Waals surface area contributed by atoms with Crippen LogP contribution in [0, 0.1) is 0 Å². The highest BCUT2D eigenvalue weighted by molar-refractivity contribution is 7.91. The van der Waals surface area contributed by atoms with Crippen LogP contribution in [0.3, 0.4) is 0 Å². The number of nitrogens with zero attached hydrogens (tertiary/aromatic N) is 3. The van der Waals surface area contributed by atoms with E-state index in [-0.39, 0.29) is 5.75 Å². The Labute approximate surface area is 121 Å². The fraction of sp³-hybridized carbons (Fsp3) is 0.462. The Kier molecular flexibility index (Phi) is 3.40. The lowest BCUT2D eigenvalue weighted by molar-refractivity contribution is 0.0600. The van der Waals surface area contributed by atoms with Gasteiger partial charge in [0.15, 0.2) is 21.3 Å². The predicted molar refractivity (Wildman–Crippen MR) is 74.7 cm³/mol. The summed E-state index contributed by atoms with van der Waals surface area (Å²) in [6, 6.07) is 3.20. The highest BCUT2D eigenvalue weighted by Gasteiger charge is 2.34. The lowest BCUT2D eigenvalue weighted by atomic mass is 10.2. The van der Waals surface area contributed by atoms with E-state index in [2.05, 4.69) is 14.9 Å². The van der Waals surface area contributed by atoms with Crippen molar-refractivity contribution >= 4 is 21.5 Å². The van der Waals surface area contributed by atoms with Crippen molar-refractivity contribution in [2.24, 2.45) is 0 Å². The Bertz CT molecular complexity index is 797. The number of hydrogen-bond donors (Lipinski definition) is 0. The van der Waals surface area contributed by atoms with Crippen molar-refractivity contribution < 1.29 is 17.9 Å². The van der Waals surface area contributed by atoms with Crippen LogP contribution in [0.25, 0.3) is 5.65 Å². The monoisotopic (exact) mass is 309 g/mol. The summed E-state index contributed by atoms with van der Waals surface area (Å²) in [6.07, 6.45) is 3.59. The molecule has 2 aromatic rings. The Balaban J connectivity index is 2.12. The van der Waals surface area contributed by atoms with Crippen LogP contribution in [-0.2, 0) is 14.6 Å². The van der Waals surface area contributed by atoms with Gasteiger partial charge in [-0.15, -0.1) is 10.2 Å². The quantitative estimate of drug-likeness (QED) is 0.773. The maximum Gasteiger partial charge on any atom is 0.339 e. The maximum absolute atomic E-state index is 12.2. The molecule has 112 valence electrons. The summed E-state index contributed by atoms with van der Waals surface area (Å²) in [6.45, 7) is 0. The number of fused-ring (bicyclic) bond motifs is 1. The van der Waals surface area contributed by atoms with Crippen LogP contribution in [0.15, 0.2) is 18.3 Å².